The second-order valence-electron chi connectivity index (χ2n) is 6.70. The van der Waals surface area contributed by atoms with E-state index in [0.717, 1.165) is 0 Å². The summed E-state index contributed by atoms with van der Waals surface area (Å²) in [6, 6.07) is 0. The highest BCUT2D eigenvalue weighted by Crippen LogP contribution is 2.07. The Balaban J connectivity index is 0. The van der Waals surface area contributed by atoms with Crippen LogP contribution in [0.25, 0.3) is 0 Å². The van der Waals surface area contributed by atoms with Crippen molar-refractivity contribution in [2.45, 2.75) is 104 Å². The van der Waals surface area contributed by atoms with Crippen LogP contribution >= 0.6 is 0 Å². The van der Waals surface area contributed by atoms with Gasteiger partial charge in [-0.25, -0.2) is 0 Å². The van der Waals surface area contributed by atoms with Crippen LogP contribution < -0.4 is 28.9 Å². The molecular weight excluding hydrogens is 369 g/mol. The van der Waals surface area contributed by atoms with Crippen LogP contribution in [0.3, 0.4) is 0 Å². The van der Waals surface area contributed by atoms with Gasteiger partial charge in [-0.15, -0.1) is 0 Å². The number of quaternary nitrogens is 1. The van der Waals surface area contributed by atoms with E-state index in [-0.39, 0.29) is 24.0 Å². The zero-order valence-electron chi connectivity index (χ0n) is 15.2. The maximum absolute atomic E-state index is 2.38. The molecule has 0 spiro atoms. The molecular formula is C19H42IN. The van der Waals surface area contributed by atoms with Crippen molar-refractivity contribution in [3.05, 3.63) is 0 Å². The smallest absolute Gasteiger partial charge is 0.0768 e. The van der Waals surface area contributed by atoms with Crippen molar-refractivity contribution >= 4 is 0 Å². The summed E-state index contributed by atoms with van der Waals surface area (Å²) in [5.74, 6) is 0. The van der Waals surface area contributed by atoms with Gasteiger partial charge in [-0.3, -0.25) is 0 Å². The summed E-state index contributed by atoms with van der Waals surface area (Å²) in [6.45, 7) is 7.37. The minimum atomic E-state index is 0. The lowest BCUT2D eigenvalue weighted by Crippen LogP contribution is -3.09. The first kappa shape index (κ1) is 23.9. The third kappa shape index (κ3) is 20.7. The molecule has 0 rings (SSSR count). The van der Waals surface area contributed by atoms with Gasteiger partial charge in [-0.05, 0) is 25.7 Å². The summed E-state index contributed by atoms with van der Waals surface area (Å²) in [5.41, 5.74) is 0. The Labute approximate surface area is 152 Å². The van der Waals surface area contributed by atoms with Crippen LogP contribution in [-0.4, -0.2) is 20.1 Å². The molecule has 130 valence electrons. The number of hydrogen-bond donors (Lipinski definition) is 1. The minimum absolute atomic E-state index is 0. The predicted octanol–water partition coefficient (Wildman–Crippen LogP) is 2.01. The largest absolute Gasteiger partial charge is 1.00 e. The molecule has 0 saturated carbocycles. The second kappa shape index (κ2) is 20.7. The molecule has 0 aliphatic carbocycles. The lowest BCUT2D eigenvalue weighted by Gasteiger charge is -2.13. The van der Waals surface area contributed by atoms with Crippen LogP contribution in [0.4, 0.5) is 0 Å². The molecule has 0 fully saturated rings. The van der Waals surface area contributed by atoms with Crippen LogP contribution in [0, 0.1) is 0 Å². The summed E-state index contributed by atoms with van der Waals surface area (Å²) >= 11 is 0. The Bertz CT molecular complexity index is 155. The van der Waals surface area contributed by atoms with Gasteiger partial charge in [-0.1, -0.05) is 78.1 Å². The standard InChI is InChI=1S/C19H41N.HI/c1-4-6-8-10-12-14-16-18-20(3)19-17-15-13-11-9-7-5-2;/h4-19H2,1-3H3;1H. The zero-order valence-corrected chi connectivity index (χ0v) is 17.3. The van der Waals surface area contributed by atoms with E-state index < -0.39 is 0 Å². The molecule has 0 heterocycles. The van der Waals surface area contributed by atoms with Gasteiger partial charge in [0.2, 0.25) is 0 Å². The van der Waals surface area contributed by atoms with Crippen molar-refractivity contribution in [1.29, 1.82) is 0 Å². The van der Waals surface area contributed by atoms with Gasteiger partial charge >= 0.3 is 0 Å². The first-order chi connectivity index (χ1) is 9.81. The number of hydrogen-bond acceptors (Lipinski definition) is 0. The summed E-state index contributed by atoms with van der Waals surface area (Å²) in [4.78, 5) is 1.76. The van der Waals surface area contributed by atoms with E-state index in [1.165, 1.54) is 103 Å². The average Bonchev–Trinajstić information content (AvgIpc) is 2.45. The van der Waals surface area contributed by atoms with E-state index in [0.29, 0.717) is 0 Å². The van der Waals surface area contributed by atoms with E-state index in [1.807, 2.05) is 0 Å². The molecule has 21 heavy (non-hydrogen) atoms. The van der Waals surface area contributed by atoms with Crippen molar-refractivity contribution < 1.29 is 28.9 Å². The number of halogens is 1. The molecule has 0 saturated heterocycles. The lowest BCUT2D eigenvalue weighted by molar-refractivity contribution is -0.880. The number of rotatable bonds is 16. The SMILES string of the molecule is CCCCCCCCC[NH+](C)CCCCCCCCC.[I-]. The molecule has 0 aliphatic rings. The molecule has 0 aliphatic heterocycles. The predicted molar refractivity (Wildman–Crippen MR) is 92.6 cm³/mol. The Morgan fingerprint density at radius 1 is 0.476 bits per heavy atom. The Hall–Kier alpha value is 0.690. The second-order valence-corrected chi connectivity index (χ2v) is 6.70. The quantitative estimate of drug-likeness (QED) is 0.293. The third-order valence-electron chi connectivity index (χ3n) is 4.41. The molecule has 1 nitrogen and oxygen atoms in total. The average molecular weight is 411 g/mol. The van der Waals surface area contributed by atoms with Crippen molar-refractivity contribution in [3.8, 4) is 0 Å². The fraction of sp³-hybridized carbons (Fsp3) is 1.00. The van der Waals surface area contributed by atoms with E-state index in [1.54, 1.807) is 4.90 Å². The van der Waals surface area contributed by atoms with Crippen LogP contribution in [0.5, 0.6) is 0 Å². The van der Waals surface area contributed by atoms with Gasteiger partial charge in [0.25, 0.3) is 0 Å². The first-order valence-corrected chi connectivity index (χ1v) is 9.62. The number of unbranched alkanes of at least 4 members (excludes halogenated alkanes) is 12. The maximum atomic E-state index is 2.38. The third-order valence-corrected chi connectivity index (χ3v) is 4.41. The first-order valence-electron chi connectivity index (χ1n) is 9.62. The Kier molecular flexibility index (Phi) is 23.6. The van der Waals surface area contributed by atoms with Crippen LogP contribution in [0.15, 0.2) is 0 Å². The summed E-state index contributed by atoms with van der Waals surface area (Å²) in [7, 11) is 2.38. The number of nitrogens with one attached hydrogen (secondary N) is 1. The Morgan fingerprint density at radius 2 is 0.762 bits per heavy atom. The van der Waals surface area contributed by atoms with Gasteiger partial charge in [0.05, 0.1) is 20.1 Å². The highest BCUT2D eigenvalue weighted by molar-refractivity contribution is 4.46. The van der Waals surface area contributed by atoms with Crippen molar-refractivity contribution in [2.24, 2.45) is 0 Å². The van der Waals surface area contributed by atoms with Crippen molar-refractivity contribution in [2.75, 3.05) is 20.1 Å². The summed E-state index contributed by atoms with van der Waals surface area (Å²) < 4.78 is 0. The van der Waals surface area contributed by atoms with Crippen molar-refractivity contribution in [1.82, 2.24) is 0 Å². The molecule has 0 radical (unpaired) electrons. The van der Waals surface area contributed by atoms with Crippen molar-refractivity contribution in [3.63, 3.8) is 0 Å². The molecule has 0 aromatic carbocycles. The zero-order chi connectivity index (χ0) is 14.9. The van der Waals surface area contributed by atoms with Gasteiger partial charge < -0.3 is 28.9 Å². The van der Waals surface area contributed by atoms with Gasteiger partial charge in [0, 0.05) is 0 Å². The molecule has 0 amide bonds. The molecule has 0 unspecified atom stereocenters. The van der Waals surface area contributed by atoms with Crippen LogP contribution in [-0.2, 0) is 0 Å². The lowest BCUT2D eigenvalue weighted by atomic mass is 10.1. The topological polar surface area (TPSA) is 4.44 Å². The van der Waals surface area contributed by atoms with E-state index in [2.05, 4.69) is 20.9 Å². The fourth-order valence-electron chi connectivity index (χ4n) is 2.89. The van der Waals surface area contributed by atoms with E-state index in [9.17, 15) is 0 Å². The molecule has 1 N–H and O–H groups in total. The van der Waals surface area contributed by atoms with E-state index in [4.69, 9.17) is 0 Å². The Morgan fingerprint density at radius 3 is 1.10 bits per heavy atom. The highest BCUT2D eigenvalue weighted by atomic mass is 127. The van der Waals surface area contributed by atoms with Gasteiger partial charge in [0.1, 0.15) is 0 Å². The molecule has 0 aromatic heterocycles. The minimum Gasteiger partial charge on any atom is -1.00 e. The monoisotopic (exact) mass is 411 g/mol. The highest BCUT2D eigenvalue weighted by Gasteiger charge is 2.01. The normalized spacial score (nSPS) is 10.9. The summed E-state index contributed by atoms with van der Waals surface area (Å²) in [5, 5.41) is 0. The summed E-state index contributed by atoms with van der Waals surface area (Å²) in [6.07, 6.45) is 20.2. The van der Waals surface area contributed by atoms with Gasteiger partial charge in [-0.2, -0.15) is 0 Å². The maximum Gasteiger partial charge on any atom is 0.0768 e. The van der Waals surface area contributed by atoms with Crippen LogP contribution in [0.1, 0.15) is 104 Å². The molecule has 2 heteroatoms. The molecule has 0 atom stereocenters. The molecule has 0 bridgehead atoms. The molecule has 0 aromatic rings. The van der Waals surface area contributed by atoms with Crippen LogP contribution in [0.2, 0.25) is 0 Å². The fourth-order valence-corrected chi connectivity index (χ4v) is 2.89. The van der Waals surface area contributed by atoms with E-state index >= 15 is 0 Å². The van der Waals surface area contributed by atoms with Gasteiger partial charge in [0.15, 0.2) is 0 Å².